The van der Waals surface area contributed by atoms with Crippen LogP contribution in [0.1, 0.15) is 13.3 Å². The zero-order valence-electron chi connectivity index (χ0n) is 9.68. The third-order valence-corrected chi connectivity index (χ3v) is 2.49. The van der Waals surface area contributed by atoms with E-state index in [2.05, 4.69) is 15.3 Å². The lowest BCUT2D eigenvalue weighted by molar-refractivity contribution is -0.145. The summed E-state index contributed by atoms with van der Waals surface area (Å²) in [5.74, 6) is 0.648. The van der Waals surface area contributed by atoms with E-state index in [4.69, 9.17) is 10.3 Å². The summed E-state index contributed by atoms with van der Waals surface area (Å²) in [5, 5.41) is 6.41. The molecule has 7 heteroatoms. The lowest BCUT2D eigenvalue weighted by Crippen LogP contribution is -2.39. The molecule has 0 bridgehead atoms. The number of azide groups is 1. The fraction of sp³-hybridized carbons (Fsp3) is 0.889. The van der Waals surface area contributed by atoms with E-state index in [1.54, 1.807) is 18.7 Å². The van der Waals surface area contributed by atoms with Crippen LogP contribution < -0.4 is 5.32 Å². The van der Waals surface area contributed by atoms with Crippen LogP contribution in [0, 0.1) is 0 Å². The summed E-state index contributed by atoms with van der Waals surface area (Å²) in [6, 6.07) is -0.304. The first-order valence-corrected chi connectivity index (χ1v) is 6.55. The lowest BCUT2D eigenvalue weighted by Gasteiger charge is -2.15. The van der Waals surface area contributed by atoms with Crippen LogP contribution in [0.25, 0.3) is 10.4 Å². The number of carbonyl (C=O) groups is 1. The van der Waals surface area contributed by atoms with Crippen LogP contribution in [-0.4, -0.2) is 43.7 Å². The Hall–Kier alpha value is -0.910. The number of nitrogens with one attached hydrogen (secondary N) is 1. The molecule has 1 unspecified atom stereocenters. The number of rotatable bonds is 9. The monoisotopic (exact) mass is 246 g/mol. The van der Waals surface area contributed by atoms with Crippen LogP contribution in [0.3, 0.4) is 0 Å². The molecule has 1 atom stereocenters. The van der Waals surface area contributed by atoms with Crippen molar-refractivity contribution >= 4 is 17.7 Å². The summed E-state index contributed by atoms with van der Waals surface area (Å²) in [6.07, 6.45) is 2.71. The van der Waals surface area contributed by atoms with Gasteiger partial charge in [0.05, 0.1) is 6.61 Å². The number of hydrogen-bond acceptors (Lipinski definition) is 5. The van der Waals surface area contributed by atoms with E-state index in [1.165, 1.54) is 0 Å². The van der Waals surface area contributed by atoms with Gasteiger partial charge in [0.1, 0.15) is 6.04 Å². The first-order valence-electron chi connectivity index (χ1n) is 5.16. The number of thioether (sulfide) groups is 1. The fourth-order valence-corrected chi connectivity index (χ4v) is 1.59. The van der Waals surface area contributed by atoms with Gasteiger partial charge in [-0.05, 0) is 30.9 Å². The molecule has 0 amide bonds. The van der Waals surface area contributed by atoms with Crippen molar-refractivity contribution in [1.82, 2.24) is 5.32 Å². The van der Waals surface area contributed by atoms with Gasteiger partial charge in [0.15, 0.2) is 0 Å². The van der Waals surface area contributed by atoms with Gasteiger partial charge in [-0.2, -0.15) is 11.8 Å². The van der Waals surface area contributed by atoms with E-state index in [0.717, 1.165) is 12.2 Å². The molecule has 0 rings (SSSR count). The average molecular weight is 246 g/mol. The van der Waals surface area contributed by atoms with Crippen LogP contribution in [0.2, 0.25) is 0 Å². The minimum atomic E-state index is -0.304. The maximum Gasteiger partial charge on any atom is 0.323 e. The quantitative estimate of drug-likeness (QED) is 0.220. The smallest absolute Gasteiger partial charge is 0.323 e. The van der Waals surface area contributed by atoms with E-state index in [0.29, 0.717) is 19.7 Å². The van der Waals surface area contributed by atoms with Crippen LogP contribution in [-0.2, 0) is 9.53 Å². The number of nitrogens with zero attached hydrogens (tertiary/aromatic N) is 3. The van der Waals surface area contributed by atoms with E-state index < -0.39 is 0 Å². The minimum absolute atomic E-state index is 0.238. The van der Waals surface area contributed by atoms with Crippen LogP contribution in [0.15, 0.2) is 5.11 Å². The van der Waals surface area contributed by atoms with Crippen molar-refractivity contribution in [3.8, 4) is 0 Å². The standard InChI is InChI=1S/C9H18N4O2S/c1-3-15-9(14)8(4-7-16-2)11-5-6-12-13-10/h8,11H,3-7H2,1-2H3. The Labute approximate surface area is 99.7 Å². The third kappa shape index (κ3) is 7.39. The highest BCUT2D eigenvalue weighted by Crippen LogP contribution is 2.02. The minimum Gasteiger partial charge on any atom is -0.465 e. The largest absolute Gasteiger partial charge is 0.465 e. The van der Waals surface area contributed by atoms with Gasteiger partial charge in [-0.1, -0.05) is 5.11 Å². The van der Waals surface area contributed by atoms with Crippen molar-refractivity contribution in [3.05, 3.63) is 10.4 Å². The Morgan fingerprint density at radius 1 is 1.69 bits per heavy atom. The maximum atomic E-state index is 11.5. The van der Waals surface area contributed by atoms with E-state index >= 15 is 0 Å². The summed E-state index contributed by atoms with van der Waals surface area (Å²) >= 11 is 1.68. The van der Waals surface area contributed by atoms with Gasteiger partial charge in [0.25, 0.3) is 0 Å². The molecule has 6 nitrogen and oxygen atoms in total. The van der Waals surface area contributed by atoms with Gasteiger partial charge in [-0.3, -0.25) is 4.79 Å². The summed E-state index contributed by atoms with van der Waals surface area (Å²) in [6.45, 7) is 2.99. The van der Waals surface area contributed by atoms with Gasteiger partial charge >= 0.3 is 5.97 Å². The summed E-state index contributed by atoms with van der Waals surface area (Å²) < 4.78 is 4.94. The first kappa shape index (κ1) is 15.1. The molecule has 16 heavy (non-hydrogen) atoms. The molecule has 0 aliphatic heterocycles. The second-order valence-corrected chi connectivity index (χ2v) is 3.98. The fourth-order valence-electron chi connectivity index (χ4n) is 1.12. The number of esters is 1. The number of hydrogen-bond donors (Lipinski definition) is 1. The van der Waals surface area contributed by atoms with Crippen LogP contribution in [0.5, 0.6) is 0 Å². The van der Waals surface area contributed by atoms with Gasteiger partial charge in [-0.25, -0.2) is 0 Å². The third-order valence-electron chi connectivity index (χ3n) is 1.85. The molecule has 0 saturated carbocycles. The normalized spacial score (nSPS) is 11.6. The molecular weight excluding hydrogens is 228 g/mol. The number of carbonyl (C=O) groups excluding carboxylic acids is 1. The zero-order valence-corrected chi connectivity index (χ0v) is 10.5. The van der Waals surface area contributed by atoms with E-state index in [-0.39, 0.29) is 12.0 Å². The van der Waals surface area contributed by atoms with Crippen molar-refractivity contribution in [2.45, 2.75) is 19.4 Å². The maximum absolute atomic E-state index is 11.5. The Kier molecular flexibility index (Phi) is 10.00. The number of ether oxygens (including phenoxy) is 1. The molecule has 1 N–H and O–H groups in total. The molecule has 0 aromatic heterocycles. The molecule has 0 radical (unpaired) electrons. The Bertz CT molecular complexity index is 244. The summed E-state index contributed by atoms with van der Waals surface area (Å²) in [5.41, 5.74) is 8.10. The van der Waals surface area contributed by atoms with E-state index in [1.807, 2.05) is 6.26 Å². The topological polar surface area (TPSA) is 87.1 Å². The first-order chi connectivity index (χ1) is 7.76. The average Bonchev–Trinajstić information content (AvgIpc) is 2.28. The summed E-state index contributed by atoms with van der Waals surface area (Å²) in [4.78, 5) is 14.2. The van der Waals surface area contributed by atoms with E-state index in [9.17, 15) is 4.79 Å². The summed E-state index contributed by atoms with van der Waals surface area (Å²) in [7, 11) is 0. The highest BCUT2D eigenvalue weighted by molar-refractivity contribution is 7.98. The van der Waals surface area contributed by atoms with Crippen molar-refractivity contribution in [3.63, 3.8) is 0 Å². The second kappa shape index (κ2) is 10.6. The molecule has 0 aliphatic rings. The molecule has 0 fully saturated rings. The van der Waals surface area contributed by atoms with Crippen molar-refractivity contribution < 1.29 is 9.53 Å². The SMILES string of the molecule is CCOC(=O)C(CCSC)NCCN=[N+]=[N-]. The molecule has 92 valence electrons. The Balaban J connectivity index is 3.98. The van der Waals surface area contributed by atoms with Gasteiger partial charge in [-0.15, -0.1) is 0 Å². The van der Waals surface area contributed by atoms with Crippen molar-refractivity contribution in [2.75, 3.05) is 31.7 Å². The Morgan fingerprint density at radius 2 is 2.44 bits per heavy atom. The molecule has 0 saturated heterocycles. The lowest BCUT2D eigenvalue weighted by atomic mass is 10.2. The van der Waals surface area contributed by atoms with Crippen LogP contribution in [0.4, 0.5) is 0 Å². The van der Waals surface area contributed by atoms with Crippen molar-refractivity contribution in [1.29, 1.82) is 0 Å². The predicted molar refractivity (Wildman–Crippen MR) is 65.4 cm³/mol. The second-order valence-electron chi connectivity index (χ2n) is 2.99. The highest BCUT2D eigenvalue weighted by atomic mass is 32.2. The molecule has 0 spiro atoms. The van der Waals surface area contributed by atoms with Gasteiger partial charge < -0.3 is 10.1 Å². The highest BCUT2D eigenvalue weighted by Gasteiger charge is 2.17. The molecule has 0 aromatic carbocycles. The molecule has 0 aromatic rings. The van der Waals surface area contributed by atoms with Crippen LogP contribution >= 0.6 is 11.8 Å². The molecule has 0 heterocycles. The predicted octanol–water partition coefficient (Wildman–Crippen LogP) is 1.57. The van der Waals surface area contributed by atoms with Gasteiger partial charge in [0.2, 0.25) is 0 Å². The Morgan fingerprint density at radius 3 is 3.00 bits per heavy atom. The van der Waals surface area contributed by atoms with Gasteiger partial charge in [0, 0.05) is 18.0 Å². The molecular formula is C9H18N4O2S. The van der Waals surface area contributed by atoms with Crippen molar-refractivity contribution in [2.24, 2.45) is 5.11 Å². The zero-order chi connectivity index (χ0) is 12.2. The molecule has 0 aliphatic carbocycles.